The molecule has 0 radical (unpaired) electrons. The molecule has 2 heterocycles. The molecular weight excluding hydrogens is 308 g/mol. The van der Waals surface area contributed by atoms with Crippen LogP contribution in [0, 0.1) is 4.64 Å². The molecule has 3 rings (SSSR count). The third-order valence-electron chi connectivity index (χ3n) is 3.58. The molecule has 5 nitrogen and oxygen atoms in total. The number of hydrogen-bond donors (Lipinski definition) is 2. The number of pyridine rings is 1. The van der Waals surface area contributed by atoms with Crippen LogP contribution in [0.4, 0.5) is 0 Å². The third kappa shape index (κ3) is 3.37. The SMILES string of the molecule is C[C@H](NC(=O)c1ccc[nH]c1=S)c1cccc(-n2ccnc2)c1. The van der Waals surface area contributed by atoms with E-state index in [-0.39, 0.29) is 11.9 Å². The summed E-state index contributed by atoms with van der Waals surface area (Å²) < 4.78 is 2.36. The van der Waals surface area contributed by atoms with Crippen LogP contribution in [0.2, 0.25) is 0 Å². The normalized spacial score (nSPS) is 11.9. The lowest BCUT2D eigenvalue weighted by molar-refractivity contribution is 0.0939. The van der Waals surface area contributed by atoms with E-state index >= 15 is 0 Å². The summed E-state index contributed by atoms with van der Waals surface area (Å²) in [5, 5.41) is 2.98. The molecule has 2 aromatic heterocycles. The molecule has 0 unspecified atom stereocenters. The number of rotatable bonds is 4. The number of imidazole rings is 1. The first-order chi connectivity index (χ1) is 11.1. The number of benzene rings is 1. The van der Waals surface area contributed by atoms with Crippen LogP contribution in [0.3, 0.4) is 0 Å². The molecular formula is C17H16N4OS. The minimum atomic E-state index is -0.188. The molecule has 0 aliphatic heterocycles. The number of amides is 1. The average Bonchev–Trinajstić information content (AvgIpc) is 3.10. The van der Waals surface area contributed by atoms with Crippen molar-refractivity contribution < 1.29 is 4.79 Å². The van der Waals surface area contributed by atoms with E-state index in [1.165, 1.54) is 0 Å². The van der Waals surface area contributed by atoms with Crippen molar-refractivity contribution in [1.29, 1.82) is 0 Å². The van der Waals surface area contributed by atoms with E-state index in [9.17, 15) is 4.79 Å². The van der Waals surface area contributed by atoms with Gasteiger partial charge in [0.1, 0.15) is 4.64 Å². The van der Waals surface area contributed by atoms with Gasteiger partial charge in [-0.3, -0.25) is 4.79 Å². The Morgan fingerprint density at radius 3 is 2.96 bits per heavy atom. The minimum absolute atomic E-state index is 0.138. The Morgan fingerprint density at radius 1 is 1.35 bits per heavy atom. The predicted molar refractivity (Wildman–Crippen MR) is 91.1 cm³/mol. The summed E-state index contributed by atoms with van der Waals surface area (Å²) in [7, 11) is 0. The number of carbonyl (C=O) groups is 1. The van der Waals surface area contributed by atoms with Crippen molar-refractivity contribution >= 4 is 18.1 Å². The molecule has 6 heteroatoms. The molecule has 116 valence electrons. The van der Waals surface area contributed by atoms with Gasteiger partial charge >= 0.3 is 0 Å². The maximum atomic E-state index is 12.3. The summed E-state index contributed by atoms with van der Waals surface area (Å²) in [5.41, 5.74) is 2.48. The van der Waals surface area contributed by atoms with Gasteiger partial charge in [0.2, 0.25) is 0 Å². The van der Waals surface area contributed by atoms with Crippen LogP contribution in [-0.4, -0.2) is 20.4 Å². The van der Waals surface area contributed by atoms with E-state index in [0.717, 1.165) is 11.3 Å². The Balaban J connectivity index is 1.80. The summed E-state index contributed by atoms with van der Waals surface area (Å²) in [6.45, 7) is 1.95. The highest BCUT2D eigenvalue weighted by Gasteiger charge is 2.13. The maximum absolute atomic E-state index is 12.3. The number of aromatic nitrogens is 3. The van der Waals surface area contributed by atoms with Crippen molar-refractivity contribution in [3.05, 3.63) is 77.1 Å². The lowest BCUT2D eigenvalue weighted by atomic mass is 10.1. The van der Waals surface area contributed by atoms with Gasteiger partial charge < -0.3 is 14.9 Å². The predicted octanol–water partition coefficient (Wildman–Crippen LogP) is 3.42. The largest absolute Gasteiger partial charge is 0.352 e. The molecule has 0 spiro atoms. The first kappa shape index (κ1) is 15.2. The smallest absolute Gasteiger partial charge is 0.254 e. The van der Waals surface area contributed by atoms with Gasteiger partial charge in [0.25, 0.3) is 5.91 Å². The molecule has 1 amide bonds. The molecule has 0 aliphatic rings. The van der Waals surface area contributed by atoms with Crippen LogP contribution in [0.25, 0.3) is 5.69 Å². The lowest BCUT2D eigenvalue weighted by Crippen LogP contribution is -2.27. The lowest BCUT2D eigenvalue weighted by Gasteiger charge is -2.15. The number of hydrogen-bond acceptors (Lipinski definition) is 3. The van der Waals surface area contributed by atoms with Crippen LogP contribution < -0.4 is 5.32 Å². The van der Waals surface area contributed by atoms with Crippen LogP contribution in [0.1, 0.15) is 28.9 Å². The summed E-state index contributed by atoms with van der Waals surface area (Å²) in [6, 6.07) is 11.3. The highest BCUT2D eigenvalue weighted by atomic mass is 32.1. The fourth-order valence-electron chi connectivity index (χ4n) is 2.32. The average molecular weight is 324 g/mol. The van der Waals surface area contributed by atoms with Gasteiger partial charge in [0.15, 0.2) is 0 Å². The van der Waals surface area contributed by atoms with Crippen molar-refractivity contribution in [1.82, 2.24) is 19.9 Å². The molecule has 1 atom stereocenters. The van der Waals surface area contributed by atoms with Crippen LogP contribution in [-0.2, 0) is 0 Å². The van der Waals surface area contributed by atoms with Crippen molar-refractivity contribution in [3.8, 4) is 5.69 Å². The number of aromatic amines is 1. The molecule has 0 saturated heterocycles. The van der Waals surface area contributed by atoms with Gasteiger partial charge in [0.05, 0.1) is 17.9 Å². The quantitative estimate of drug-likeness (QED) is 0.723. The first-order valence-electron chi connectivity index (χ1n) is 7.22. The Hall–Kier alpha value is -2.73. The van der Waals surface area contributed by atoms with E-state index < -0.39 is 0 Å². The third-order valence-corrected chi connectivity index (χ3v) is 3.92. The van der Waals surface area contributed by atoms with Gasteiger partial charge in [-0.15, -0.1) is 0 Å². The second kappa shape index (κ2) is 6.58. The molecule has 0 bridgehead atoms. The van der Waals surface area contributed by atoms with Crippen molar-refractivity contribution in [2.24, 2.45) is 0 Å². The highest BCUT2D eigenvalue weighted by molar-refractivity contribution is 7.71. The molecule has 0 fully saturated rings. The van der Waals surface area contributed by atoms with Gasteiger partial charge in [-0.2, -0.15) is 0 Å². The van der Waals surface area contributed by atoms with Crippen LogP contribution >= 0.6 is 12.2 Å². The van der Waals surface area contributed by atoms with Gasteiger partial charge in [0, 0.05) is 24.3 Å². The Kier molecular flexibility index (Phi) is 4.34. The molecule has 23 heavy (non-hydrogen) atoms. The summed E-state index contributed by atoms with van der Waals surface area (Å²) in [4.78, 5) is 19.3. The number of nitrogens with zero attached hydrogens (tertiary/aromatic N) is 2. The monoisotopic (exact) mass is 324 g/mol. The highest BCUT2D eigenvalue weighted by Crippen LogP contribution is 2.17. The zero-order valence-electron chi connectivity index (χ0n) is 12.6. The summed E-state index contributed by atoms with van der Waals surface area (Å²) in [5.74, 6) is -0.188. The van der Waals surface area contributed by atoms with Gasteiger partial charge in [-0.25, -0.2) is 4.98 Å². The number of carbonyl (C=O) groups excluding carboxylic acids is 1. The summed E-state index contributed by atoms with van der Waals surface area (Å²) >= 11 is 5.15. The Morgan fingerprint density at radius 2 is 2.22 bits per heavy atom. The zero-order chi connectivity index (χ0) is 16.2. The molecule has 3 aromatic rings. The summed E-state index contributed by atoms with van der Waals surface area (Å²) in [6.07, 6.45) is 7.06. The minimum Gasteiger partial charge on any atom is -0.352 e. The number of nitrogens with one attached hydrogen (secondary N) is 2. The van der Waals surface area contributed by atoms with E-state index in [1.807, 2.05) is 42.0 Å². The van der Waals surface area contributed by atoms with E-state index in [0.29, 0.717) is 10.2 Å². The number of H-pyrrole nitrogens is 1. The zero-order valence-corrected chi connectivity index (χ0v) is 13.4. The fraction of sp³-hybridized carbons (Fsp3) is 0.118. The van der Waals surface area contributed by atoms with Gasteiger partial charge in [-0.05, 0) is 36.8 Å². The van der Waals surface area contributed by atoms with Crippen LogP contribution in [0.15, 0.2) is 61.3 Å². The first-order valence-corrected chi connectivity index (χ1v) is 7.63. The molecule has 1 aromatic carbocycles. The van der Waals surface area contributed by atoms with E-state index in [2.05, 4.69) is 15.3 Å². The van der Waals surface area contributed by atoms with Crippen molar-refractivity contribution in [2.75, 3.05) is 0 Å². The van der Waals surface area contributed by atoms with Crippen LogP contribution in [0.5, 0.6) is 0 Å². The van der Waals surface area contributed by atoms with Gasteiger partial charge in [-0.1, -0.05) is 24.4 Å². The second-order valence-electron chi connectivity index (χ2n) is 5.17. The second-order valence-corrected chi connectivity index (χ2v) is 5.58. The topological polar surface area (TPSA) is 62.7 Å². The standard InChI is InChI=1S/C17H16N4OS/c1-12(20-16(22)15-6-3-7-19-17(15)23)13-4-2-5-14(10-13)21-9-8-18-11-21/h2-12H,1H3,(H,19,23)(H,20,22)/t12-/m0/s1. The molecule has 0 saturated carbocycles. The molecule has 2 N–H and O–H groups in total. The van der Waals surface area contributed by atoms with Crippen molar-refractivity contribution in [3.63, 3.8) is 0 Å². The Labute approximate surface area is 139 Å². The Bertz CT molecular complexity index is 870. The molecule has 0 aliphatic carbocycles. The van der Waals surface area contributed by atoms with Crippen molar-refractivity contribution in [2.45, 2.75) is 13.0 Å². The van der Waals surface area contributed by atoms with E-state index in [4.69, 9.17) is 12.2 Å². The van der Waals surface area contributed by atoms with E-state index in [1.54, 1.807) is 30.9 Å². The fourth-order valence-corrected chi connectivity index (χ4v) is 2.55. The maximum Gasteiger partial charge on any atom is 0.254 e.